The van der Waals surface area contributed by atoms with Crippen molar-refractivity contribution in [3.05, 3.63) is 65.2 Å². The van der Waals surface area contributed by atoms with Gasteiger partial charge < -0.3 is 10.2 Å². The molecule has 1 aromatic carbocycles. The second kappa shape index (κ2) is 8.82. The van der Waals surface area contributed by atoms with E-state index in [0.29, 0.717) is 34.5 Å². The molecular weight excluding hydrogens is 497 g/mol. The summed E-state index contributed by atoms with van der Waals surface area (Å²) in [7, 11) is -0.217. The van der Waals surface area contributed by atoms with Crippen molar-refractivity contribution in [3.63, 3.8) is 0 Å². The minimum atomic E-state index is -2.38. The maximum Gasteiger partial charge on any atom is 0.229 e. The van der Waals surface area contributed by atoms with E-state index >= 15 is 0 Å². The number of pyridine rings is 1. The number of anilines is 2. The van der Waals surface area contributed by atoms with Crippen molar-refractivity contribution < 1.29 is 8.60 Å². The van der Waals surface area contributed by atoms with Crippen LogP contribution < -0.4 is 5.32 Å². The molecule has 2 aliphatic rings. The van der Waals surface area contributed by atoms with Crippen molar-refractivity contribution in [1.82, 2.24) is 24.4 Å². The number of halogens is 1. The number of fused-ring (bicyclic) bond motifs is 1. The highest BCUT2D eigenvalue weighted by Crippen LogP contribution is 2.41. The molecule has 4 aromatic rings. The Balaban J connectivity index is 1.39. The molecule has 0 saturated carbocycles. The lowest BCUT2D eigenvalue weighted by molar-refractivity contribution is 0.288. The van der Waals surface area contributed by atoms with E-state index in [9.17, 15) is 8.60 Å². The zero-order chi connectivity index (χ0) is 25.0. The standard InChI is InChI=1S/C25H26FN7OS2/c1-32-10-15-7-18(8-16-13-35-14-17(11-32)23(15)16)28-25-27-9-19-20(26)12-33(24(19)30-25)22-6-4-5-21(29-22)31-36(2,3)34/h4-9,12,17H,10-11,13-14H2,1-3H3,(H,27,28,30). The Hall–Kier alpha value is -3.02. The monoisotopic (exact) mass is 523 g/mol. The lowest BCUT2D eigenvalue weighted by Gasteiger charge is -2.36. The van der Waals surface area contributed by atoms with Gasteiger partial charge in [-0.05, 0) is 48.0 Å². The van der Waals surface area contributed by atoms with Gasteiger partial charge in [-0.2, -0.15) is 21.1 Å². The summed E-state index contributed by atoms with van der Waals surface area (Å²) in [5.74, 6) is 3.42. The van der Waals surface area contributed by atoms with Crippen molar-refractivity contribution in [2.75, 3.05) is 37.2 Å². The molecule has 0 spiro atoms. The SMILES string of the molecule is CN1Cc2cc(Nc3ncc4c(F)cn(-c5cccc(N=S(C)(C)=O)n5)c4n3)cc3c2C(CSC3)C1. The van der Waals surface area contributed by atoms with Crippen LogP contribution in [0.1, 0.15) is 22.6 Å². The van der Waals surface area contributed by atoms with Gasteiger partial charge in [-0.25, -0.2) is 18.6 Å². The molecule has 1 N–H and O–H groups in total. The summed E-state index contributed by atoms with van der Waals surface area (Å²) in [4.78, 5) is 15.8. The minimum absolute atomic E-state index is 0.292. The fraction of sp³-hybridized carbons (Fsp3) is 0.320. The Bertz CT molecular complexity index is 1620. The molecule has 8 nitrogen and oxygen atoms in total. The van der Waals surface area contributed by atoms with Crippen LogP contribution in [0.4, 0.5) is 21.8 Å². The molecule has 36 heavy (non-hydrogen) atoms. The quantitative estimate of drug-likeness (QED) is 0.410. The van der Waals surface area contributed by atoms with Crippen LogP contribution in [0.2, 0.25) is 0 Å². The molecule has 186 valence electrons. The van der Waals surface area contributed by atoms with E-state index < -0.39 is 15.5 Å². The average molecular weight is 524 g/mol. The fourth-order valence-corrected chi connectivity index (χ4v) is 6.74. The molecule has 3 aromatic heterocycles. The molecule has 0 aliphatic carbocycles. The molecule has 0 amide bonds. The number of aromatic nitrogens is 4. The highest BCUT2D eigenvalue weighted by Gasteiger charge is 2.29. The maximum atomic E-state index is 14.8. The van der Waals surface area contributed by atoms with Gasteiger partial charge in [0.2, 0.25) is 5.95 Å². The van der Waals surface area contributed by atoms with Gasteiger partial charge >= 0.3 is 0 Å². The van der Waals surface area contributed by atoms with E-state index in [1.807, 2.05) is 11.8 Å². The predicted octanol–water partition coefficient (Wildman–Crippen LogP) is 4.83. The topological polar surface area (TPSA) is 88.3 Å². The van der Waals surface area contributed by atoms with E-state index in [2.05, 4.69) is 48.7 Å². The molecule has 0 fully saturated rings. The molecule has 5 heterocycles. The Kier molecular flexibility index (Phi) is 5.73. The van der Waals surface area contributed by atoms with E-state index in [-0.39, 0.29) is 0 Å². The van der Waals surface area contributed by atoms with Crippen LogP contribution in [0.3, 0.4) is 0 Å². The molecule has 6 rings (SSSR count). The minimum Gasteiger partial charge on any atom is -0.324 e. The first-order valence-corrected chi connectivity index (χ1v) is 15.1. The first-order chi connectivity index (χ1) is 17.2. The highest BCUT2D eigenvalue weighted by atomic mass is 32.2. The van der Waals surface area contributed by atoms with Gasteiger partial charge in [0.1, 0.15) is 5.82 Å². The summed E-state index contributed by atoms with van der Waals surface area (Å²) in [6.45, 7) is 2.01. The first kappa shape index (κ1) is 23.4. The van der Waals surface area contributed by atoms with E-state index in [1.165, 1.54) is 29.1 Å². The summed E-state index contributed by atoms with van der Waals surface area (Å²) in [6.07, 6.45) is 5.91. The van der Waals surface area contributed by atoms with Crippen molar-refractivity contribution in [3.8, 4) is 5.82 Å². The molecule has 0 saturated heterocycles. The number of thioether (sulfide) groups is 1. The van der Waals surface area contributed by atoms with E-state index in [4.69, 9.17) is 0 Å². The molecule has 11 heteroatoms. The third-order valence-corrected chi connectivity index (χ3v) is 8.12. The summed E-state index contributed by atoms with van der Waals surface area (Å²) < 4.78 is 32.6. The van der Waals surface area contributed by atoms with Gasteiger partial charge in [-0.1, -0.05) is 6.07 Å². The Labute approximate surface area is 213 Å². The van der Waals surface area contributed by atoms with Crippen molar-refractivity contribution in [2.45, 2.75) is 18.2 Å². The lowest BCUT2D eigenvalue weighted by Crippen LogP contribution is -2.33. The molecule has 0 radical (unpaired) electrons. The zero-order valence-electron chi connectivity index (χ0n) is 20.2. The maximum absolute atomic E-state index is 14.8. The van der Waals surface area contributed by atoms with Crippen LogP contribution in [0.5, 0.6) is 0 Å². The summed E-state index contributed by atoms with van der Waals surface area (Å²) in [5.41, 5.74) is 5.53. The van der Waals surface area contributed by atoms with Crippen LogP contribution in [0, 0.1) is 5.82 Å². The second-order valence-corrected chi connectivity index (χ2v) is 13.2. The van der Waals surface area contributed by atoms with Gasteiger partial charge in [0.25, 0.3) is 0 Å². The normalized spacial score (nSPS) is 17.7. The molecule has 1 atom stereocenters. The van der Waals surface area contributed by atoms with Crippen LogP contribution in [0.25, 0.3) is 16.9 Å². The Morgan fingerprint density at radius 2 is 2.06 bits per heavy atom. The van der Waals surface area contributed by atoms with Crippen LogP contribution in [0.15, 0.2) is 47.1 Å². The third-order valence-electron chi connectivity index (χ3n) is 6.34. The van der Waals surface area contributed by atoms with Gasteiger partial charge in [-0.3, -0.25) is 4.57 Å². The zero-order valence-corrected chi connectivity index (χ0v) is 21.9. The number of nitrogens with zero attached hydrogens (tertiary/aromatic N) is 6. The van der Waals surface area contributed by atoms with Crippen LogP contribution in [-0.2, 0) is 22.0 Å². The smallest absolute Gasteiger partial charge is 0.229 e. The summed E-state index contributed by atoms with van der Waals surface area (Å²) in [5, 5.41) is 3.63. The van der Waals surface area contributed by atoms with Crippen molar-refractivity contribution in [1.29, 1.82) is 0 Å². The van der Waals surface area contributed by atoms with Crippen LogP contribution >= 0.6 is 11.8 Å². The Morgan fingerprint density at radius 1 is 1.22 bits per heavy atom. The number of hydrogen-bond donors (Lipinski definition) is 1. The van der Waals surface area contributed by atoms with Crippen molar-refractivity contribution >= 4 is 50.0 Å². The number of nitrogens with one attached hydrogen (secondary N) is 1. The van der Waals surface area contributed by atoms with Gasteiger partial charge in [0, 0.05) is 70.8 Å². The second-order valence-electron chi connectivity index (χ2n) is 9.65. The summed E-state index contributed by atoms with van der Waals surface area (Å²) >= 11 is 1.98. The third kappa shape index (κ3) is 4.46. The lowest BCUT2D eigenvalue weighted by atomic mass is 9.87. The number of benzene rings is 1. The van der Waals surface area contributed by atoms with Gasteiger partial charge in [0.15, 0.2) is 17.3 Å². The molecule has 2 aliphatic heterocycles. The summed E-state index contributed by atoms with van der Waals surface area (Å²) in [6, 6.07) is 9.53. The first-order valence-electron chi connectivity index (χ1n) is 11.6. The molecular formula is C25H26FN7OS2. The van der Waals surface area contributed by atoms with Crippen molar-refractivity contribution in [2.24, 2.45) is 4.36 Å². The van der Waals surface area contributed by atoms with E-state index in [1.54, 1.807) is 35.3 Å². The highest BCUT2D eigenvalue weighted by molar-refractivity contribution is 7.98. The molecule has 0 bridgehead atoms. The Morgan fingerprint density at radius 3 is 2.89 bits per heavy atom. The number of likely N-dealkylation sites (N-methyl/N-ethyl adjacent to an activating group) is 1. The fourth-order valence-electron chi connectivity index (χ4n) is 5.05. The van der Waals surface area contributed by atoms with Gasteiger partial charge in [-0.15, -0.1) is 0 Å². The molecule has 1 unspecified atom stereocenters. The number of hydrogen-bond acceptors (Lipinski definition) is 8. The average Bonchev–Trinajstić information content (AvgIpc) is 3.14. The van der Waals surface area contributed by atoms with Gasteiger partial charge in [0.05, 0.1) is 5.39 Å². The largest absolute Gasteiger partial charge is 0.324 e. The van der Waals surface area contributed by atoms with Crippen LogP contribution in [-0.4, -0.2) is 60.5 Å². The number of rotatable bonds is 4. The van der Waals surface area contributed by atoms with E-state index in [0.717, 1.165) is 30.3 Å². The predicted molar refractivity (Wildman–Crippen MR) is 144 cm³/mol.